The van der Waals surface area contributed by atoms with Crippen LogP contribution in [0.5, 0.6) is 0 Å². The van der Waals surface area contributed by atoms with E-state index in [1.54, 1.807) is 21.8 Å². The molecule has 1 N–H and O–H groups in total. The molecule has 0 aromatic carbocycles. The van der Waals surface area contributed by atoms with Crippen LogP contribution in [0.15, 0.2) is 21.7 Å². The molecule has 1 aromatic rings. The molecule has 7 nitrogen and oxygen atoms in total. The fourth-order valence-corrected chi connectivity index (χ4v) is 6.30. The molecule has 2 saturated heterocycles. The van der Waals surface area contributed by atoms with Gasteiger partial charge < -0.3 is 10.1 Å². The Morgan fingerprint density at radius 3 is 2.63 bits per heavy atom. The Kier molecular flexibility index (Phi) is 7.27. The van der Waals surface area contributed by atoms with Crippen molar-refractivity contribution in [1.29, 1.82) is 0 Å². The van der Waals surface area contributed by atoms with Crippen molar-refractivity contribution in [2.24, 2.45) is 11.8 Å². The van der Waals surface area contributed by atoms with E-state index in [4.69, 9.17) is 4.74 Å². The van der Waals surface area contributed by atoms with Crippen molar-refractivity contribution >= 4 is 27.3 Å². The Balaban J connectivity index is 1.42. The minimum absolute atomic E-state index is 0.0721. The normalized spacial score (nSPS) is 21.8. The number of thiophene rings is 1. The zero-order chi connectivity index (χ0) is 19.3. The van der Waals surface area contributed by atoms with Gasteiger partial charge >= 0.3 is 0 Å². The summed E-state index contributed by atoms with van der Waals surface area (Å²) in [5.41, 5.74) is 0. The van der Waals surface area contributed by atoms with Crippen LogP contribution in [0.3, 0.4) is 0 Å². The van der Waals surface area contributed by atoms with E-state index >= 15 is 0 Å². The molecule has 1 atom stereocenters. The summed E-state index contributed by atoms with van der Waals surface area (Å²) in [6.45, 7) is 7.78. The van der Waals surface area contributed by atoms with E-state index in [9.17, 15) is 13.2 Å². The van der Waals surface area contributed by atoms with Crippen molar-refractivity contribution in [1.82, 2.24) is 14.5 Å². The van der Waals surface area contributed by atoms with E-state index in [1.165, 1.54) is 11.3 Å². The summed E-state index contributed by atoms with van der Waals surface area (Å²) in [6.07, 6.45) is 1.45. The van der Waals surface area contributed by atoms with Crippen LogP contribution in [0.2, 0.25) is 0 Å². The van der Waals surface area contributed by atoms with Crippen LogP contribution < -0.4 is 5.32 Å². The summed E-state index contributed by atoms with van der Waals surface area (Å²) in [5.74, 6) is 0.201. The number of piperidine rings is 1. The van der Waals surface area contributed by atoms with E-state index in [2.05, 4.69) is 10.2 Å². The van der Waals surface area contributed by atoms with Gasteiger partial charge in [0.2, 0.25) is 5.91 Å². The summed E-state index contributed by atoms with van der Waals surface area (Å²) < 4.78 is 32.5. The highest BCUT2D eigenvalue weighted by atomic mass is 32.2. The van der Waals surface area contributed by atoms with Gasteiger partial charge in [-0.3, -0.25) is 9.69 Å². The van der Waals surface area contributed by atoms with Gasteiger partial charge in [-0.2, -0.15) is 4.31 Å². The number of morpholine rings is 1. The molecule has 2 aliphatic heterocycles. The van der Waals surface area contributed by atoms with Crippen LogP contribution in [0.25, 0.3) is 0 Å². The number of nitrogens with one attached hydrogen (secondary N) is 1. The number of sulfonamides is 1. The van der Waals surface area contributed by atoms with E-state index < -0.39 is 10.0 Å². The zero-order valence-electron chi connectivity index (χ0n) is 15.8. The number of ether oxygens (including phenoxy) is 1. The molecular weight excluding hydrogens is 386 g/mol. The third-order valence-corrected chi connectivity index (χ3v) is 8.81. The van der Waals surface area contributed by atoms with Crippen LogP contribution in [-0.4, -0.2) is 76.0 Å². The number of nitrogens with zero attached hydrogens (tertiary/aromatic N) is 2. The maximum absolute atomic E-state index is 12.6. The summed E-state index contributed by atoms with van der Waals surface area (Å²) in [5, 5.41) is 4.82. The van der Waals surface area contributed by atoms with Gasteiger partial charge in [-0.05, 0) is 30.2 Å². The second kappa shape index (κ2) is 9.47. The number of hydrogen-bond acceptors (Lipinski definition) is 6. The van der Waals surface area contributed by atoms with Gasteiger partial charge in [-0.1, -0.05) is 13.0 Å². The molecule has 0 radical (unpaired) electrons. The summed E-state index contributed by atoms with van der Waals surface area (Å²) in [6, 6.07) is 3.41. The third-order valence-electron chi connectivity index (χ3n) is 5.54. The maximum atomic E-state index is 12.6. The van der Waals surface area contributed by atoms with Crippen molar-refractivity contribution in [2.75, 3.05) is 52.5 Å². The molecule has 2 fully saturated rings. The van der Waals surface area contributed by atoms with Gasteiger partial charge in [0, 0.05) is 45.2 Å². The maximum Gasteiger partial charge on any atom is 0.252 e. The van der Waals surface area contributed by atoms with Gasteiger partial charge in [0.05, 0.1) is 13.2 Å². The predicted molar refractivity (Wildman–Crippen MR) is 105 cm³/mol. The van der Waals surface area contributed by atoms with Crippen LogP contribution >= 0.6 is 11.3 Å². The second-order valence-corrected chi connectivity index (χ2v) is 10.3. The molecule has 3 rings (SSSR count). The van der Waals surface area contributed by atoms with Crippen molar-refractivity contribution in [3.63, 3.8) is 0 Å². The second-order valence-electron chi connectivity index (χ2n) is 7.21. The smallest absolute Gasteiger partial charge is 0.252 e. The molecule has 0 aliphatic carbocycles. The minimum atomic E-state index is -3.38. The van der Waals surface area contributed by atoms with E-state index in [0.29, 0.717) is 23.8 Å². The number of hydrogen-bond donors (Lipinski definition) is 1. The molecular formula is C18H29N3O4S2. The molecule has 152 valence electrons. The first-order valence-corrected chi connectivity index (χ1v) is 11.9. The van der Waals surface area contributed by atoms with Crippen molar-refractivity contribution in [3.8, 4) is 0 Å². The molecule has 3 heterocycles. The Bertz CT molecular complexity index is 694. The van der Waals surface area contributed by atoms with Crippen molar-refractivity contribution in [3.05, 3.63) is 17.5 Å². The number of amides is 1. The molecule has 1 amide bonds. The summed E-state index contributed by atoms with van der Waals surface area (Å²) in [7, 11) is -3.38. The standard InChI is InChI=1S/C18H29N3O4S2/c1-15(18(22)19-6-9-20-10-12-25-13-11-20)16-4-7-21(8-5-16)27(23,24)17-3-2-14-26-17/h2-3,14-16H,4-13H2,1H3,(H,19,22). The average molecular weight is 416 g/mol. The zero-order valence-corrected chi connectivity index (χ0v) is 17.4. The van der Waals surface area contributed by atoms with Crippen molar-refractivity contribution in [2.45, 2.75) is 24.0 Å². The summed E-state index contributed by atoms with van der Waals surface area (Å²) in [4.78, 5) is 14.8. The molecule has 9 heteroatoms. The quantitative estimate of drug-likeness (QED) is 0.725. The van der Waals surface area contributed by atoms with Crippen molar-refractivity contribution < 1.29 is 17.9 Å². The molecule has 0 spiro atoms. The molecule has 27 heavy (non-hydrogen) atoms. The molecule has 2 aliphatic rings. The Morgan fingerprint density at radius 1 is 1.30 bits per heavy atom. The number of carbonyl (C=O) groups excluding carboxylic acids is 1. The lowest BCUT2D eigenvalue weighted by atomic mass is 9.85. The van der Waals surface area contributed by atoms with E-state index in [0.717, 1.165) is 45.7 Å². The Labute approximate surface area is 165 Å². The van der Waals surface area contributed by atoms with E-state index in [-0.39, 0.29) is 17.7 Å². The highest BCUT2D eigenvalue weighted by molar-refractivity contribution is 7.91. The largest absolute Gasteiger partial charge is 0.379 e. The van der Waals surface area contributed by atoms with Crippen LogP contribution in [-0.2, 0) is 19.6 Å². The topological polar surface area (TPSA) is 79.0 Å². The van der Waals surface area contributed by atoms with Crippen LogP contribution in [0.4, 0.5) is 0 Å². The fourth-order valence-electron chi connectivity index (χ4n) is 3.69. The van der Waals surface area contributed by atoms with Gasteiger partial charge in [-0.15, -0.1) is 11.3 Å². The molecule has 1 aromatic heterocycles. The fraction of sp³-hybridized carbons (Fsp3) is 0.722. The molecule has 0 bridgehead atoms. The van der Waals surface area contributed by atoms with Gasteiger partial charge in [0.1, 0.15) is 4.21 Å². The molecule has 0 saturated carbocycles. The lowest BCUT2D eigenvalue weighted by molar-refractivity contribution is -0.126. The summed E-state index contributed by atoms with van der Waals surface area (Å²) >= 11 is 1.25. The number of rotatable bonds is 7. The third kappa shape index (κ3) is 5.29. The van der Waals surface area contributed by atoms with Gasteiger partial charge in [0.15, 0.2) is 0 Å². The molecule has 1 unspecified atom stereocenters. The van der Waals surface area contributed by atoms with Gasteiger partial charge in [-0.25, -0.2) is 8.42 Å². The average Bonchev–Trinajstić information content (AvgIpc) is 3.24. The van der Waals surface area contributed by atoms with E-state index in [1.807, 2.05) is 6.92 Å². The first-order valence-electron chi connectivity index (χ1n) is 9.60. The Morgan fingerprint density at radius 2 is 2.00 bits per heavy atom. The first-order chi connectivity index (χ1) is 13.0. The highest BCUT2D eigenvalue weighted by Crippen LogP contribution is 2.29. The first kappa shape index (κ1) is 20.7. The SMILES string of the molecule is CC(C(=O)NCCN1CCOCC1)C1CCN(S(=O)(=O)c2cccs2)CC1. The van der Waals surface area contributed by atoms with Crippen LogP contribution in [0, 0.1) is 11.8 Å². The monoisotopic (exact) mass is 415 g/mol. The highest BCUT2D eigenvalue weighted by Gasteiger charge is 2.33. The lowest BCUT2D eigenvalue weighted by Crippen LogP contribution is -2.44. The minimum Gasteiger partial charge on any atom is -0.379 e. The number of carbonyl (C=O) groups is 1. The Hall–Kier alpha value is -1.00. The lowest BCUT2D eigenvalue weighted by Gasteiger charge is -2.33. The van der Waals surface area contributed by atoms with Crippen LogP contribution in [0.1, 0.15) is 19.8 Å². The van der Waals surface area contributed by atoms with Gasteiger partial charge in [0.25, 0.3) is 10.0 Å². The predicted octanol–water partition coefficient (Wildman–Crippen LogP) is 1.23.